The van der Waals surface area contributed by atoms with Gasteiger partial charge in [-0.3, -0.25) is 4.79 Å². The number of rotatable bonds is 5. The molecular weight excluding hydrogens is 410 g/mol. The van der Waals surface area contributed by atoms with Gasteiger partial charge in [0.2, 0.25) is 11.6 Å². The van der Waals surface area contributed by atoms with Crippen LogP contribution in [-0.4, -0.2) is 37.3 Å². The smallest absolute Gasteiger partial charge is 0.239 e. The summed E-state index contributed by atoms with van der Waals surface area (Å²) in [6.07, 6.45) is 0.782. The number of nitrogens with zero attached hydrogens (tertiary/aromatic N) is 3. The predicted octanol–water partition coefficient (Wildman–Crippen LogP) is 4.51. The van der Waals surface area contributed by atoms with E-state index in [0.29, 0.717) is 28.8 Å². The number of amidine groups is 1. The Balaban J connectivity index is 1.70. The van der Waals surface area contributed by atoms with Gasteiger partial charge in [-0.15, -0.1) is 16.4 Å². The Hall–Kier alpha value is -3.32. The third-order valence-corrected chi connectivity index (χ3v) is 6.93. The molecule has 0 unspecified atom stereocenters. The van der Waals surface area contributed by atoms with Crippen LogP contribution < -0.4 is 14.5 Å². The second-order valence-electron chi connectivity index (χ2n) is 7.66. The van der Waals surface area contributed by atoms with Crippen molar-refractivity contribution in [3.05, 3.63) is 76.0 Å². The van der Waals surface area contributed by atoms with E-state index in [4.69, 9.17) is 14.6 Å². The number of anilines is 1. The molecule has 158 valence electrons. The quantitative estimate of drug-likeness (QED) is 0.554. The number of ether oxygens (including phenoxy) is 2. The lowest BCUT2D eigenvalue weighted by atomic mass is 9.87. The zero-order chi connectivity index (χ0) is 21.6. The van der Waals surface area contributed by atoms with Crippen molar-refractivity contribution < 1.29 is 14.3 Å². The van der Waals surface area contributed by atoms with Crippen molar-refractivity contribution in [2.24, 2.45) is 5.10 Å². The maximum absolute atomic E-state index is 13.4. The summed E-state index contributed by atoms with van der Waals surface area (Å²) in [6, 6.07) is 17.8. The fourth-order valence-electron chi connectivity index (χ4n) is 4.52. The molecule has 0 N–H and O–H groups in total. The first kappa shape index (κ1) is 19.6. The van der Waals surface area contributed by atoms with Crippen LogP contribution in [0.25, 0.3) is 0 Å². The highest BCUT2D eigenvalue weighted by Crippen LogP contribution is 2.48. The summed E-state index contributed by atoms with van der Waals surface area (Å²) in [5.74, 6) is 1.78. The van der Waals surface area contributed by atoms with E-state index in [2.05, 4.69) is 11.8 Å². The van der Waals surface area contributed by atoms with Crippen LogP contribution in [0.1, 0.15) is 27.7 Å². The molecule has 5 rings (SSSR count). The van der Waals surface area contributed by atoms with Gasteiger partial charge in [-0.25, -0.2) is 5.01 Å². The monoisotopic (exact) mass is 433 g/mol. The van der Waals surface area contributed by atoms with Crippen LogP contribution >= 0.6 is 11.3 Å². The molecule has 0 spiro atoms. The summed E-state index contributed by atoms with van der Waals surface area (Å²) in [5.41, 5.74) is 2.47. The minimum absolute atomic E-state index is 0.0522. The molecule has 1 atom stereocenters. The van der Waals surface area contributed by atoms with Crippen molar-refractivity contribution in [3.8, 4) is 11.5 Å². The zero-order valence-corrected chi connectivity index (χ0v) is 18.5. The topological polar surface area (TPSA) is 54.4 Å². The number of carbonyl (C=O) groups excluding carboxylic acids is 1. The van der Waals surface area contributed by atoms with E-state index >= 15 is 0 Å². The molecule has 0 saturated heterocycles. The average Bonchev–Trinajstić information content (AvgIpc) is 3.45. The molecule has 0 amide bonds. The lowest BCUT2D eigenvalue weighted by molar-refractivity contribution is 0.103. The van der Waals surface area contributed by atoms with Gasteiger partial charge in [0.25, 0.3) is 0 Å². The standard InChI is InChI=1S/C24H23N3O3S/c1-24-18-15-20(30-3)19(29-2)14-16(18)11-12-26(24)23(22(28)21-10-7-13-31-21)25-27(24)17-8-5-4-6-9-17/h4-10,13-15H,11-12H2,1-3H3/t24-/m0/s1. The maximum Gasteiger partial charge on any atom is 0.239 e. The van der Waals surface area contributed by atoms with Crippen LogP contribution in [0.4, 0.5) is 5.69 Å². The number of para-hydroxylation sites is 1. The lowest BCUT2D eigenvalue weighted by Crippen LogP contribution is -2.55. The molecule has 6 nitrogen and oxygen atoms in total. The van der Waals surface area contributed by atoms with Crippen LogP contribution in [0.5, 0.6) is 11.5 Å². The Morgan fingerprint density at radius 1 is 1.06 bits per heavy atom. The fourth-order valence-corrected chi connectivity index (χ4v) is 5.17. The van der Waals surface area contributed by atoms with Gasteiger partial charge >= 0.3 is 0 Å². The van der Waals surface area contributed by atoms with Gasteiger partial charge in [-0.2, -0.15) is 0 Å². The summed E-state index contributed by atoms with van der Waals surface area (Å²) in [6.45, 7) is 2.79. The van der Waals surface area contributed by atoms with Crippen molar-refractivity contribution in [1.29, 1.82) is 0 Å². The molecule has 7 heteroatoms. The highest BCUT2D eigenvalue weighted by atomic mass is 32.1. The molecule has 3 heterocycles. The number of benzene rings is 2. The lowest BCUT2D eigenvalue weighted by Gasteiger charge is -2.46. The van der Waals surface area contributed by atoms with Gasteiger partial charge in [0, 0.05) is 12.1 Å². The first-order valence-electron chi connectivity index (χ1n) is 10.1. The highest BCUT2D eigenvalue weighted by Gasteiger charge is 2.52. The summed E-state index contributed by atoms with van der Waals surface area (Å²) in [5, 5.41) is 8.76. The van der Waals surface area contributed by atoms with Crippen LogP contribution in [0.3, 0.4) is 0 Å². The maximum atomic E-state index is 13.4. The second-order valence-corrected chi connectivity index (χ2v) is 8.61. The van der Waals surface area contributed by atoms with E-state index in [1.165, 1.54) is 11.3 Å². The molecule has 3 aromatic rings. The van der Waals surface area contributed by atoms with E-state index in [-0.39, 0.29) is 5.78 Å². The van der Waals surface area contributed by atoms with Crippen LogP contribution in [0.2, 0.25) is 0 Å². The Morgan fingerprint density at radius 3 is 2.48 bits per heavy atom. The number of hydrogen-bond donors (Lipinski definition) is 0. The molecule has 0 radical (unpaired) electrons. The molecule has 0 aliphatic carbocycles. The summed E-state index contributed by atoms with van der Waals surface area (Å²) in [7, 11) is 3.28. The number of ketones is 1. The number of Topliss-reactive ketones (excluding diaryl/α,β-unsaturated/α-hetero) is 1. The molecule has 0 bridgehead atoms. The van der Waals surface area contributed by atoms with Gasteiger partial charge in [0.1, 0.15) is 0 Å². The van der Waals surface area contributed by atoms with Crippen LogP contribution in [-0.2, 0) is 12.1 Å². The van der Waals surface area contributed by atoms with Crippen molar-refractivity contribution in [2.75, 3.05) is 25.8 Å². The SMILES string of the molecule is COc1cc2c(cc1OC)[C@@]1(C)N(CC2)C(C(=O)c2cccs2)=NN1c1ccccc1. The van der Waals surface area contributed by atoms with Gasteiger partial charge < -0.3 is 14.4 Å². The van der Waals surface area contributed by atoms with Crippen LogP contribution in [0, 0.1) is 0 Å². The van der Waals surface area contributed by atoms with Gasteiger partial charge in [-0.1, -0.05) is 24.3 Å². The number of methoxy groups -OCH3 is 2. The molecule has 2 aromatic carbocycles. The fraction of sp³-hybridized carbons (Fsp3) is 0.250. The van der Waals surface area contributed by atoms with E-state index < -0.39 is 5.66 Å². The number of hydrazone groups is 1. The molecular formula is C24H23N3O3S. The number of hydrogen-bond acceptors (Lipinski definition) is 7. The highest BCUT2D eigenvalue weighted by molar-refractivity contribution is 7.13. The summed E-state index contributed by atoms with van der Waals surface area (Å²) < 4.78 is 11.1. The zero-order valence-electron chi connectivity index (χ0n) is 17.7. The molecule has 2 aliphatic heterocycles. The Kier molecular flexibility index (Phi) is 4.70. The molecule has 0 saturated carbocycles. The minimum Gasteiger partial charge on any atom is -0.493 e. The van der Waals surface area contributed by atoms with Gasteiger partial charge in [0.05, 0.1) is 24.8 Å². The average molecular weight is 434 g/mol. The minimum atomic E-state index is -0.670. The predicted molar refractivity (Wildman–Crippen MR) is 122 cm³/mol. The number of thiophene rings is 1. The van der Waals surface area contributed by atoms with Crippen LogP contribution in [0.15, 0.2) is 65.1 Å². The van der Waals surface area contributed by atoms with E-state index in [9.17, 15) is 4.79 Å². The molecule has 2 aliphatic rings. The van der Waals surface area contributed by atoms with Crippen molar-refractivity contribution in [1.82, 2.24) is 4.90 Å². The van der Waals surface area contributed by atoms with E-state index in [0.717, 1.165) is 23.2 Å². The third-order valence-electron chi connectivity index (χ3n) is 6.06. The molecule has 1 aromatic heterocycles. The molecule has 31 heavy (non-hydrogen) atoms. The largest absolute Gasteiger partial charge is 0.493 e. The Bertz CT molecular complexity index is 1160. The number of carbonyl (C=O) groups is 1. The van der Waals surface area contributed by atoms with E-state index in [1.807, 2.05) is 65.0 Å². The number of fused-ring (bicyclic) bond motifs is 3. The normalized spacial score (nSPS) is 19.5. The van der Waals surface area contributed by atoms with Gasteiger partial charge in [-0.05, 0) is 54.6 Å². The first-order chi connectivity index (χ1) is 15.1. The van der Waals surface area contributed by atoms with Crippen molar-refractivity contribution >= 4 is 28.6 Å². The summed E-state index contributed by atoms with van der Waals surface area (Å²) >= 11 is 1.44. The van der Waals surface area contributed by atoms with Crippen molar-refractivity contribution in [2.45, 2.75) is 19.0 Å². The van der Waals surface area contributed by atoms with E-state index in [1.54, 1.807) is 14.2 Å². The third kappa shape index (κ3) is 2.91. The summed E-state index contributed by atoms with van der Waals surface area (Å²) in [4.78, 5) is 16.2. The van der Waals surface area contributed by atoms with Gasteiger partial charge in [0.15, 0.2) is 17.2 Å². The Morgan fingerprint density at radius 2 is 1.81 bits per heavy atom. The molecule has 0 fully saturated rings. The second kappa shape index (κ2) is 7.42. The first-order valence-corrected chi connectivity index (χ1v) is 11.0. The van der Waals surface area contributed by atoms with Crippen molar-refractivity contribution in [3.63, 3.8) is 0 Å². The Labute approximate surface area is 185 Å².